The van der Waals surface area contributed by atoms with E-state index in [0.717, 1.165) is 41.3 Å². The van der Waals surface area contributed by atoms with E-state index in [2.05, 4.69) is 61.4 Å². The van der Waals surface area contributed by atoms with E-state index >= 15 is 0 Å². The molecule has 5 aromatic carbocycles. The molecule has 7 nitrogen and oxygen atoms in total. The Morgan fingerprint density at radius 2 is 1.51 bits per heavy atom. The van der Waals surface area contributed by atoms with Crippen molar-refractivity contribution in [1.82, 2.24) is 5.32 Å². The van der Waals surface area contributed by atoms with Gasteiger partial charge in [0.25, 0.3) is 11.8 Å². The predicted molar refractivity (Wildman–Crippen MR) is 181 cm³/mol. The number of carbonyl (C=O) groups is 3. The van der Waals surface area contributed by atoms with Crippen LogP contribution in [-0.4, -0.2) is 17.8 Å². The Bertz CT molecular complexity index is 1970. The maximum absolute atomic E-state index is 13.6. The number of aryl methyl sites for hydroxylation is 1. The molecule has 0 radical (unpaired) electrons. The van der Waals surface area contributed by atoms with Gasteiger partial charge in [0.15, 0.2) is 0 Å². The van der Waals surface area contributed by atoms with Crippen molar-refractivity contribution in [2.24, 2.45) is 0 Å². The quantitative estimate of drug-likeness (QED) is 0.128. The van der Waals surface area contributed by atoms with Crippen LogP contribution in [-0.2, 0) is 22.8 Å². The number of ether oxygens (including phenoxy) is 2. The van der Waals surface area contributed by atoms with Gasteiger partial charge in [0, 0.05) is 20.1 Å². The number of amides is 4. The minimum Gasteiger partial charge on any atom is -0.489 e. The van der Waals surface area contributed by atoms with E-state index in [9.17, 15) is 14.4 Å². The molecule has 0 spiro atoms. The van der Waals surface area contributed by atoms with E-state index in [1.54, 1.807) is 36.4 Å². The van der Waals surface area contributed by atoms with Gasteiger partial charge in [0.2, 0.25) is 0 Å². The van der Waals surface area contributed by atoms with Gasteiger partial charge in [-0.15, -0.1) is 0 Å². The lowest BCUT2D eigenvalue weighted by molar-refractivity contribution is -0.122. The third-order valence-electron chi connectivity index (χ3n) is 7.43. The fourth-order valence-corrected chi connectivity index (χ4v) is 5.68. The zero-order valence-electron chi connectivity index (χ0n) is 24.1. The van der Waals surface area contributed by atoms with Gasteiger partial charge < -0.3 is 9.47 Å². The number of anilines is 1. The van der Waals surface area contributed by atoms with Crippen molar-refractivity contribution in [2.75, 3.05) is 4.90 Å². The number of fused-ring (bicyclic) bond motifs is 1. The average molecular weight is 726 g/mol. The van der Waals surface area contributed by atoms with E-state index in [0.29, 0.717) is 29.4 Å². The van der Waals surface area contributed by atoms with E-state index in [4.69, 9.17) is 9.47 Å². The minimum absolute atomic E-state index is 0.200. The summed E-state index contributed by atoms with van der Waals surface area (Å²) in [6.07, 6.45) is 1.45. The Balaban J connectivity index is 1.24. The lowest BCUT2D eigenvalue weighted by Gasteiger charge is -2.26. The van der Waals surface area contributed by atoms with Crippen LogP contribution < -0.4 is 19.7 Å². The first-order valence-electron chi connectivity index (χ1n) is 14.1. The number of hydrogen-bond donors (Lipinski definition) is 1. The molecule has 1 aliphatic heterocycles. The van der Waals surface area contributed by atoms with Gasteiger partial charge in [-0.25, -0.2) is 9.69 Å². The lowest BCUT2D eigenvalue weighted by atomic mass is 10.0. The number of nitrogens with zero attached hydrogens (tertiary/aromatic N) is 1. The summed E-state index contributed by atoms with van der Waals surface area (Å²) in [4.78, 5) is 40.3. The van der Waals surface area contributed by atoms with Crippen LogP contribution >= 0.6 is 31.9 Å². The molecule has 5 aromatic rings. The summed E-state index contributed by atoms with van der Waals surface area (Å²) in [7, 11) is 0. The van der Waals surface area contributed by atoms with Crippen LogP contribution in [0.1, 0.15) is 22.3 Å². The zero-order valence-corrected chi connectivity index (χ0v) is 27.2. The lowest BCUT2D eigenvalue weighted by Crippen LogP contribution is -2.54. The molecule has 1 saturated heterocycles. The standard InChI is InChI=1S/C36H26Br2N2O5/c1-22-6-9-24-4-2-3-5-30(24)32(22)21-45-33-17-12-27(38)18-25(33)19-31-34(41)39-36(43)40(35(31)42)28-13-15-29(16-14-28)44-20-23-7-10-26(37)11-8-23/h2-19H,20-21H2,1H3,(H,39,41,43)/b31-19+. The molecule has 1 N–H and O–H groups in total. The fourth-order valence-electron chi connectivity index (χ4n) is 5.04. The summed E-state index contributed by atoms with van der Waals surface area (Å²) in [6, 6.07) is 31.1. The second-order valence-corrected chi connectivity index (χ2v) is 12.3. The van der Waals surface area contributed by atoms with Crippen molar-refractivity contribution < 1.29 is 23.9 Å². The third-order valence-corrected chi connectivity index (χ3v) is 8.46. The molecule has 0 aliphatic carbocycles. The number of nitrogens with one attached hydrogen (secondary N) is 1. The molecule has 9 heteroatoms. The number of halogens is 2. The largest absolute Gasteiger partial charge is 0.489 e. The number of rotatable bonds is 8. The highest BCUT2D eigenvalue weighted by atomic mass is 79.9. The SMILES string of the molecule is Cc1ccc2ccccc2c1COc1ccc(Br)cc1/C=C1\C(=O)NC(=O)N(c2ccc(OCc3ccc(Br)cc3)cc2)C1=O. The number of urea groups is 1. The molecule has 224 valence electrons. The van der Waals surface area contributed by atoms with Crippen molar-refractivity contribution in [1.29, 1.82) is 0 Å². The van der Waals surface area contributed by atoms with Gasteiger partial charge in [-0.05, 0) is 89.5 Å². The first-order valence-corrected chi connectivity index (χ1v) is 15.6. The van der Waals surface area contributed by atoms with Crippen LogP contribution in [0.15, 0.2) is 118 Å². The second kappa shape index (κ2) is 13.1. The highest BCUT2D eigenvalue weighted by Gasteiger charge is 2.37. The normalized spacial score (nSPS) is 14.2. The number of barbiturate groups is 1. The van der Waals surface area contributed by atoms with Gasteiger partial charge >= 0.3 is 6.03 Å². The fraction of sp³-hybridized carbons (Fsp3) is 0.0833. The number of benzene rings is 5. The van der Waals surface area contributed by atoms with Gasteiger partial charge in [-0.3, -0.25) is 14.9 Å². The molecular weight excluding hydrogens is 700 g/mol. The summed E-state index contributed by atoms with van der Waals surface area (Å²) >= 11 is 6.89. The minimum atomic E-state index is -0.831. The van der Waals surface area contributed by atoms with Crippen molar-refractivity contribution >= 4 is 72.2 Å². The molecule has 4 amide bonds. The molecule has 1 fully saturated rings. The van der Waals surface area contributed by atoms with Crippen LogP contribution in [0.4, 0.5) is 10.5 Å². The summed E-state index contributed by atoms with van der Waals surface area (Å²) in [5.41, 5.74) is 3.73. The summed E-state index contributed by atoms with van der Waals surface area (Å²) < 4.78 is 13.8. The third kappa shape index (κ3) is 6.69. The average Bonchev–Trinajstić information content (AvgIpc) is 3.03. The van der Waals surface area contributed by atoms with Crippen LogP contribution in [0.2, 0.25) is 0 Å². The molecular formula is C36H26Br2N2O5. The van der Waals surface area contributed by atoms with Crippen LogP contribution in [0, 0.1) is 6.92 Å². The van der Waals surface area contributed by atoms with Crippen LogP contribution in [0.3, 0.4) is 0 Å². The molecule has 0 saturated carbocycles. The Morgan fingerprint density at radius 3 is 2.29 bits per heavy atom. The van der Waals surface area contributed by atoms with Gasteiger partial charge in [-0.1, -0.05) is 80.4 Å². The Morgan fingerprint density at radius 1 is 0.778 bits per heavy atom. The first kappa shape index (κ1) is 30.3. The molecule has 0 unspecified atom stereocenters. The van der Waals surface area contributed by atoms with E-state index < -0.39 is 17.8 Å². The summed E-state index contributed by atoms with van der Waals surface area (Å²) in [6.45, 7) is 2.67. The van der Waals surface area contributed by atoms with Gasteiger partial charge in [0.05, 0.1) is 5.69 Å². The van der Waals surface area contributed by atoms with E-state index in [1.165, 1.54) is 6.08 Å². The predicted octanol–water partition coefficient (Wildman–Crippen LogP) is 8.50. The molecule has 1 heterocycles. The van der Waals surface area contributed by atoms with Crippen molar-refractivity contribution in [3.8, 4) is 11.5 Å². The molecule has 0 aromatic heterocycles. The van der Waals surface area contributed by atoms with Gasteiger partial charge in [0.1, 0.15) is 30.3 Å². The van der Waals surface area contributed by atoms with Gasteiger partial charge in [-0.2, -0.15) is 0 Å². The van der Waals surface area contributed by atoms with Crippen LogP contribution in [0.5, 0.6) is 11.5 Å². The molecule has 1 aliphatic rings. The zero-order chi connectivity index (χ0) is 31.5. The number of imide groups is 2. The summed E-state index contributed by atoms with van der Waals surface area (Å²) in [5.74, 6) is -0.486. The maximum Gasteiger partial charge on any atom is 0.335 e. The number of hydrogen-bond acceptors (Lipinski definition) is 5. The molecule has 0 bridgehead atoms. The van der Waals surface area contributed by atoms with E-state index in [1.807, 2.05) is 49.4 Å². The Hall–Kier alpha value is -4.73. The maximum atomic E-state index is 13.6. The monoisotopic (exact) mass is 724 g/mol. The Labute approximate surface area is 276 Å². The highest BCUT2D eigenvalue weighted by molar-refractivity contribution is 9.10. The van der Waals surface area contributed by atoms with Crippen molar-refractivity contribution in [3.05, 3.63) is 140 Å². The van der Waals surface area contributed by atoms with Crippen molar-refractivity contribution in [3.63, 3.8) is 0 Å². The van der Waals surface area contributed by atoms with Crippen LogP contribution in [0.25, 0.3) is 16.8 Å². The molecule has 45 heavy (non-hydrogen) atoms. The number of carbonyl (C=O) groups excluding carboxylic acids is 3. The topological polar surface area (TPSA) is 84.9 Å². The smallest absolute Gasteiger partial charge is 0.335 e. The Kier molecular flexibility index (Phi) is 8.82. The highest BCUT2D eigenvalue weighted by Crippen LogP contribution is 2.31. The molecule has 0 atom stereocenters. The van der Waals surface area contributed by atoms with E-state index in [-0.39, 0.29) is 12.2 Å². The van der Waals surface area contributed by atoms with Crippen molar-refractivity contribution in [2.45, 2.75) is 20.1 Å². The summed E-state index contributed by atoms with van der Waals surface area (Å²) in [5, 5.41) is 4.49. The first-order chi connectivity index (χ1) is 21.8. The molecule has 6 rings (SSSR count). The second-order valence-electron chi connectivity index (χ2n) is 10.4.